The highest BCUT2D eigenvalue weighted by molar-refractivity contribution is 5.90. The highest BCUT2D eigenvalue weighted by atomic mass is 16.4. The quantitative estimate of drug-likeness (QED) is 0.733. The van der Waals surface area contributed by atoms with E-state index in [2.05, 4.69) is 32.3 Å². The summed E-state index contributed by atoms with van der Waals surface area (Å²) in [4.78, 5) is 21.2. The van der Waals surface area contributed by atoms with Crippen LogP contribution >= 0.6 is 0 Å². The lowest BCUT2D eigenvalue weighted by Gasteiger charge is -2.36. The summed E-state index contributed by atoms with van der Waals surface area (Å²) in [6, 6.07) is 11.6. The molecule has 1 aliphatic rings. The van der Waals surface area contributed by atoms with Gasteiger partial charge in [0, 0.05) is 45.0 Å². The van der Waals surface area contributed by atoms with Crippen molar-refractivity contribution in [2.24, 2.45) is 0 Å². The summed E-state index contributed by atoms with van der Waals surface area (Å²) in [6.07, 6.45) is 2.63. The zero-order valence-corrected chi connectivity index (χ0v) is 16.6. The molecule has 0 unspecified atom stereocenters. The summed E-state index contributed by atoms with van der Waals surface area (Å²) in [7, 11) is 0. The van der Waals surface area contributed by atoms with Crippen molar-refractivity contribution in [1.29, 1.82) is 0 Å². The van der Waals surface area contributed by atoms with Crippen LogP contribution in [0.25, 0.3) is 11.5 Å². The van der Waals surface area contributed by atoms with E-state index in [9.17, 15) is 4.79 Å². The van der Waals surface area contributed by atoms with Crippen LogP contribution in [-0.2, 0) is 6.42 Å². The van der Waals surface area contributed by atoms with E-state index in [1.54, 1.807) is 13.1 Å². The molecule has 8 heteroatoms. The van der Waals surface area contributed by atoms with E-state index >= 15 is 0 Å². The number of anilines is 2. The minimum absolute atomic E-state index is 0.0701. The second-order valence-corrected chi connectivity index (χ2v) is 6.92. The Balaban J connectivity index is 1.43. The fourth-order valence-electron chi connectivity index (χ4n) is 3.49. The van der Waals surface area contributed by atoms with Gasteiger partial charge in [-0.05, 0) is 30.2 Å². The molecule has 0 spiro atoms. The molecule has 2 amide bonds. The largest absolute Gasteiger partial charge is 0.421 e. The van der Waals surface area contributed by atoms with Crippen molar-refractivity contribution in [1.82, 2.24) is 20.1 Å². The van der Waals surface area contributed by atoms with Crippen LogP contribution in [0.15, 0.2) is 47.0 Å². The maximum atomic E-state index is 12.7. The van der Waals surface area contributed by atoms with Crippen LogP contribution in [0.4, 0.5) is 16.3 Å². The SMILES string of the molecule is CCc1ccccc1NC(=O)N1CCN(c2ncccc2-c2nnc(C)o2)CC1. The van der Waals surface area contributed by atoms with Crippen molar-refractivity contribution in [3.63, 3.8) is 0 Å². The molecule has 3 aromatic rings. The maximum absolute atomic E-state index is 12.7. The Hall–Kier alpha value is -3.42. The molecule has 2 aromatic heterocycles. The Kier molecular flexibility index (Phi) is 5.41. The van der Waals surface area contributed by atoms with Crippen molar-refractivity contribution in [2.75, 3.05) is 36.4 Å². The third-order valence-corrected chi connectivity index (χ3v) is 5.05. The molecule has 0 aliphatic carbocycles. The van der Waals surface area contributed by atoms with E-state index in [0.717, 1.165) is 29.1 Å². The molecule has 1 N–H and O–H groups in total. The summed E-state index contributed by atoms with van der Waals surface area (Å²) in [5.74, 6) is 1.78. The third kappa shape index (κ3) is 4.06. The molecule has 8 nitrogen and oxygen atoms in total. The summed E-state index contributed by atoms with van der Waals surface area (Å²) in [6.45, 7) is 6.43. The lowest BCUT2D eigenvalue weighted by molar-refractivity contribution is 0.208. The number of aryl methyl sites for hydroxylation is 2. The van der Waals surface area contributed by atoms with Gasteiger partial charge in [0.05, 0.1) is 5.56 Å². The van der Waals surface area contributed by atoms with Gasteiger partial charge in [-0.2, -0.15) is 0 Å². The monoisotopic (exact) mass is 392 g/mol. The summed E-state index contributed by atoms with van der Waals surface area (Å²) >= 11 is 0. The molecular formula is C21H24N6O2. The van der Waals surface area contributed by atoms with Crippen molar-refractivity contribution in [3.8, 4) is 11.5 Å². The van der Waals surface area contributed by atoms with E-state index in [0.29, 0.717) is 38.0 Å². The number of pyridine rings is 1. The van der Waals surface area contributed by atoms with E-state index in [1.807, 2.05) is 41.3 Å². The Bertz CT molecular complexity index is 994. The molecule has 29 heavy (non-hydrogen) atoms. The summed E-state index contributed by atoms with van der Waals surface area (Å²) in [5.41, 5.74) is 2.82. The zero-order valence-electron chi connectivity index (χ0n) is 16.6. The predicted octanol–water partition coefficient (Wildman–Crippen LogP) is 3.36. The van der Waals surface area contributed by atoms with Crippen LogP contribution in [-0.4, -0.2) is 52.3 Å². The minimum Gasteiger partial charge on any atom is -0.421 e. The van der Waals surface area contributed by atoms with Crippen molar-refractivity contribution in [2.45, 2.75) is 20.3 Å². The number of benzene rings is 1. The van der Waals surface area contributed by atoms with Crippen molar-refractivity contribution < 1.29 is 9.21 Å². The standard InChI is InChI=1S/C21H24N6O2/c1-3-16-7-4-5-9-18(16)23-21(28)27-13-11-26(12-14-27)19-17(8-6-10-22-19)20-25-24-15(2)29-20/h4-10H,3,11-14H2,1-2H3,(H,23,28). The molecule has 3 heterocycles. The number of hydrogen-bond acceptors (Lipinski definition) is 6. The van der Waals surface area contributed by atoms with E-state index in [-0.39, 0.29) is 6.03 Å². The van der Waals surface area contributed by atoms with Gasteiger partial charge in [0.2, 0.25) is 5.89 Å². The van der Waals surface area contributed by atoms with Gasteiger partial charge in [0.1, 0.15) is 5.82 Å². The molecule has 0 atom stereocenters. The second-order valence-electron chi connectivity index (χ2n) is 6.92. The molecule has 0 saturated carbocycles. The van der Waals surface area contributed by atoms with Crippen molar-refractivity contribution >= 4 is 17.5 Å². The van der Waals surface area contributed by atoms with Crippen LogP contribution in [0.5, 0.6) is 0 Å². The van der Waals surface area contributed by atoms with Crippen LogP contribution in [0.3, 0.4) is 0 Å². The normalized spacial score (nSPS) is 14.1. The second kappa shape index (κ2) is 8.30. The van der Waals surface area contributed by atoms with Crippen molar-refractivity contribution in [3.05, 3.63) is 54.0 Å². The van der Waals surface area contributed by atoms with Gasteiger partial charge < -0.3 is 19.5 Å². The number of nitrogens with zero attached hydrogens (tertiary/aromatic N) is 5. The smallest absolute Gasteiger partial charge is 0.321 e. The molecule has 0 radical (unpaired) electrons. The molecule has 0 bridgehead atoms. The van der Waals surface area contributed by atoms with E-state index in [1.165, 1.54) is 0 Å². The molecule has 1 saturated heterocycles. The fraction of sp³-hybridized carbons (Fsp3) is 0.333. The first kappa shape index (κ1) is 18.9. The number of aromatic nitrogens is 3. The van der Waals surface area contributed by atoms with Gasteiger partial charge in [0.25, 0.3) is 5.89 Å². The number of amides is 2. The van der Waals surface area contributed by atoms with Crippen LogP contribution in [0, 0.1) is 6.92 Å². The third-order valence-electron chi connectivity index (χ3n) is 5.05. The highest BCUT2D eigenvalue weighted by Gasteiger charge is 2.25. The first-order valence-corrected chi connectivity index (χ1v) is 9.80. The van der Waals surface area contributed by atoms with Gasteiger partial charge in [-0.1, -0.05) is 25.1 Å². The first-order valence-electron chi connectivity index (χ1n) is 9.80. The van der Waals surface area contributed by atoms with Gasteiger partial charge >= 0.3 is 6.03 Å². The molecule has 150 valence electrons. The molecule has 4 rings (SSSR count). The molecule has 1 aromatic carbocycles. The number of urea groups is 1. The van der Waals surface area contributed by atoms with Crippen LogP contribution in [0.1, 0.15) is 18.4 Å². The number of carbonyl (C=O) groups is 1. The lowest BCUT2D eigenvalue weighted by Crippen LogP contribution is -2.50. The molecular weight excluding hydrogens is 368 g/mol. The number of carbonyl (C=O) groups excluding carboxylic acids is 1. The number of nitrogens with one attached hydrogen (secondary N) is 1. The molecule has 1 fully saturated rings. The zero-order chi connectivity index (χ0) is 20.2. The fourth-order valence-corrected chi connectivity index (χ4v) is 3.49. The number of piperazine rings is 1. The van der Waals surface area contributed by atoms with E-state index < -0.39 is 0 Å². The maximum Gasteiger partial charge on any atom is 0.321 e. The summed E-state index contributed by atoms with van der Waals surface area (Å²) < 4.78 is 5.59. The van der Waals surface area contributed by atoms with Gasteiger partial charge in [0.15, 0.2) is 0 Å². The summed E-state index contributed by atoms with van der Waals surface area (Å²) in [5, 5.41) is 11.1. The van der Waals surface area contributed by atoms with Gasteiger partial charge in [-0.3, -0.25) is 0 Å². The topological polar surface area (TPSA) is 87.4 Å². The average molecular weight is 392 g/mol. The van der Waals surface area contributed by atoms with Crippen LogP contribution < -0.4 is 10.2 Å². The van der Waals surface area contributed by atoms with E-state index in [4.69, 9.17) is 4.42 Å². The highest BCUT2D eigenvalue weighted by Crippen LogP contribution is 2.28. The number of para-hydroxylation sites is 1. The predicted molar refractivity (Wildman–Crippen MR) is 111 cm³/mol. The van der Waals surface area contributed by atoms with Gasteiger partial charge in [-0.25, -0.2) is 9.78 Å². The number of hydrogen-bond donors (Lipinski definition) is 1. The average Bonchev–Trinajstić information content (AvgIpc) is 3.20. The van der Waals surface area contributed by atoms with Crippen LogP contribution in [0.2, 0.25) is 0 Å². The molecule has 1 aliphatic heterocycles. The Labute approximate surface area is 169 Å². The van der Waals surface area contributed by atoms with Gasteiger partial charge in [-0.15, -0.1) is 10.2 Å². The Morgan fingerprint density at radius 1 is 1.10 bits per heavy atom. The first-order chi connectivity index (χ1) is 14.2. The lowest BCUT2D eigenvalue weighted by atomic mass is 10.1. The Morgan fingerprint density at radius 2 is 1.90 bits per heavy atom. The number of rotatable bonds is 4. The minimum atomic E-state index is -0.0701. The Morgan fingerprint density at radius 3 is 2.62 bits per heavy atom.